The van der Waals surface area contributed by atoms with Crippen molar-refractivity contribution >= 4 is 33.5 Å². The van der Waals surface area contributed by atoms with Crippen molar-refractivity contribution in [3.63, 3.8) is 0 Å². The molecule has 6 rings (SSSR count). The minimum atomic E-state index is -0.352. The van der Waals surface area contributed by atoms with Crippen LogP contribution in [-0.2, 0) is 14.3 Å². The van der Waals surface area contributed by atoms with E-state index < -0.39 is 0 Å². The maximum absolute atomic E-state index is 12.5. The first-order valence-corrected chi connectivity index (χ1v) is 10.7. The molecule has 6 nitrogen and oxygen atoms in total. The summed E-state index contributed by atoms with van der Waals surface area (Å²) in [6.45, 7) is -0.0842. The van der Waals surface area contributed by atoms with Gasteiger partial charge in [0, 0.05) is 16.1 Å². The molecular formula is C21H24BrNO5. The van der Waals surface area contributed by atoms with Crippen LogP contribution in [0.5, 0.6) is 11.5 Å². The number of esters is 1. The van der Waals surface area contributed by atoms with Gasteiger partial charge in [-0.15, -0.1) is 0 Å². The van der Waals surface area contributed by atoms with Gasteiger partial charge in [-0.2, -0.15) is 0 Å². The third kappa shape index (κ3) is 3.49. The molecule has 0 radical (unpaired) electrons. The molecule has 5 aliphatic rings. The molecule has 0 aromatic heterocycles. The van der Waals surface area contributed by atoms with Gasteiger partial charge in [-0.3, -0.25) is 9.59 Å². The Morgan fingerprint density at radius 2 is 1.89 bits per heavy atom. The van der Waals surface area contributed by atoms with Crippen LogP contribution < -0.4 is 14.8 Å². The summed E-state index contributed by atoms with van der Waals surface area (Å²) in [5.74, 6) is 2.09. The fraction of sp³-hybridized carbons (Fsp3) is 0.619. The number of hydrogen-bond donors (Lipinski definition) is 1. The highest BCUT2D eigenvalue weighted by Crippen LogP contribution is 2.65. The summed E-state index contributed by atoms with van der Waals surface area (Å²) in [4.78, 5) is 24.7. The molecule has 1 N–H and O–H groups in total. The van der Waals surface area contributed by atoms with E-state index in [0.29, 0.717) is 23.6 Å². The van der Waals surface area contributed by atoms with Gasteiger partial charge in [-0.25, -0.2) is 0 Å². The van der Waals surface area contributed by atoms with Gasteiger partial charge in [0.15, 0.2) is 18.1 Å². The molecule has 1 amide bonds. The maximum atomic E-state index is 12.5. The molecule has 0 saturated heterocycles. The van der Waals surface area contributed by atoms with Crippen LogP contribution in [0.15, 0.2) is 18.2 Å². The van der Waals surface area contributed by atoms with E-state index in [1.165, 1.54) is 19.3 Å². The van der Waals surface area contributed by atoms with Crippen LogP contribution in [0.3, 0.4) is 0 Å². The standard InChI is InChI=1S/C21H24BrNO5/c22-21-7-13-3-14(8-21)6-20(5-13,11-21)9-19(25)26-10-18(24)23-15-1-2-16-17(4-15)28-12-27-16/h1-2,4,13-14H,3,5-12H2,(H,23,24)/t13-,14-,20?,21?/m1/s1. The SMILES string of the molecule is O=C(COC(=O)CC12C[C@H]3C[C@@H](CC(Br)(C3)C1)C2)Nc1ccc2c(c1)OCO2. The molecule has 1 heterocycles. The van der Waals surface area contributed by atoms with Crippen molar-refractivity contribution in [1.29, 1.82) is 0 Å². The van der Waals surface area contributed by atoms with Gasteiger partial charge >= 0.3 is 5.97 Å². The van der Waals surface area contributed by atoms with Gasteiger partial charge in [0.1, 0.15) is 0 Å². The highest BCUT2D eigenvalue weighted by molar-refractivity contribution is 9.10. The minimum Gasteiger partial charge on any atom is -0.456 e. The second-order valence-electron chi connectivity index (χ2n) is 9.07. The van der Waals surface area contributed by atoms with Gasteiger partial charge in [0.25, 0.3) is 5.91 Å². The largest absolute Gasteiger partial charge is 0.456 e. The molecule has 4 aliphatic carbocycles. The van der Waals surface area contributed by atoms with E-state index in [-0.39, 0.29) is 35.0 Å². The van der Waals surface area contributed by atoms with Crippen LogP contribution in [0, 0.1) is 17.3 Å². The summed E-state index contributed by atoms with van der Waals surface area (Å²) >= 11 is 3.97. The molecule has 28 heavy (non-hydrogen) atoms. The Balaban J connectivity index is 1.14. The molecule has 1 aromatic rings. The van der Waals surface area contributed by atoms with E-state index in [9.17, 15) is 9.59 Å². The summed E-state index contributed by atoms with van der Waals surface area (Å²) < 4.78 is 16.1. The lowest BCUT2D eigenvalue weighted by molar-refractivity contribution is -0.153. The van der Waals surface area contributed by atoms with Crippen LogP contribution in [0.4, 0.5) is 5.69 Å². The van der Waals surface area contributed by atoms with E-state index in [1.54, 1.807) is 18.2 Å². The van der Waals surface area contributed by atoms with Crippen LogP contribution in [0.25, 0.3) is 0 Å². The summed E-state index contributed by atoms with van der Waals surface area (Å²) in [7, 11) is 0. The van der Waals surface area contributed by atoms with Crippen molar-refractivity contribution in [1.82, 2.24) is 0 Å². The van der Waals surface area contributed by atoms with E-state index in [4.69, 9.17) is 14.2 Å². The molecule has 1 aromatic carbocycles. The number of fused-ring (bicyclic) bond motifs is 1. The van der Waals surface area contributed by atoms with Crippen LogP contribution in [-0.4, -0.2) is 29.6 Å². The number of rotatable bonds is 5. The molecule has 7 heteroatoms. The van der Waals surface area contributed by atoms with Crippen molar-refractivity contribution in [3.05, 3.63) is 18.2 Å². The number of alkyl halides is 1. The van der Waals surface area contributed by atoms with Gasteiger partial charge < -0.3 is 19.5 Å². The molecule has 4 bridgehead atoms. The Bertz CT molecular complexity index is 811. The Hall–Kier alpha value is -1.76. The van der Waals surface area contributed by atoms with E-state index in [1.807, 2.05) is 0 Å². The number of benzene rings is 1. The van der Waals surface area contributed by atoms with E-state index >= 15 is 0 Å². The van der Waals surface area contributed by atoms with Crippen LogP contribution in [0.2, 0.25) is 0 Å². The van der Waals surface area contributed by atoms with Crippen molar-refractivity contribution in [2.75, 3.05) is 18.7 Å². The molecule has 0 spiro atoms. The average Bonchev–Trinajstić information content (AvgIpc) is 3.05. The molecule has 4 saturated carbocycles. The van der Waals surface area contributed by atoms with E-state index in [2.05, 4.69) is 21.2 Å². The quantitative estimate of drug-likeness (QED) is 0.542. The number of hydrogen-bond acceptors (Lipinski definition) is 5. The minimum absolute atomic E-state index is 0.0540. The summed E-state index contributed by atoms with van der Waals surface area (Å²) in [5, 5.41) is 2.73. The summed E-state index contributed by atoms with van der Waals surface area (Å²) in [6, 6.07) is 5.18. The monoisotopic (exact) mass is 449 g/mol. The molecule has 150 valence electrons. The van der Waals surface area contributed by atoms with Crippen LogP contribution >= 0.6 is 15.9 Å². The molecule has 4 fully saturated rings. The molecule has 1 aliphatic heterocycles. The van der Waals surface area contributed by atoms with Gasteiger partial charge in [0.05, 0.1) is 6.42 Å². The zero-order valence-corrected chi connectivity index (χ0v) is 17.3. The lowest BCUT2D eigenvalue weighted by atomic mass is 9.49. The fourth-order valence-electron chi connectivity index (χ4n) is 6.22. The Morgan fingerprint density at radius 1 is 1.14 bits per heavy atom. The van der Waals surface area contributed by atoms with Gasteiger partial charge in [-0.05, 0) is 67.9 Å². The Kier molecular flexibility index (Phi) is 4.34. The lowest BCUT2D eigenvalue weighted by Crippen LogP contribution is -2.53. The summed E-state index contributed by atoms with van der Waals surface area (Å²) in [6.07, 6.45) is 7.49. The number of anilines is 1. The van der Waals surface area contributed by atoms with Crippen molar-refractivity contribution in [3.8, 4) is 11.5 Å². The first-order valence-electron chi connectivity index (χ1n) is 9.95. The third-order valence-electron chi connectivity index (χ3n) is 6.65. The zero-order valence-electron chi connectivity index (χ0n) is 15.7. The average molecular weight is 450 g/mol. The number of amides is 1. The Labute approximate surface area is 172 Å². The number of ether oxygens (including phenoxy) is 3. The third-order valence-corrected chi connectivity index (χ3v) is 7.58. The first kappa shape index (κ1) is 18.3. The number of nitrogens with one attached hydrogen (secondary N) is 1. The van der Waals surface area contributed by atoms with Crippen molar-refractivity contribution in [2.45, 2.75) is 49.3 Å². The van der Waals surface area contributed by atoms with E-state index in [0.717, 1.165) is 31.1 Å². The van der Waals surface area contributed by atoms with Crippen LogP contribution in [0.1, 0.15) is 44.9 Å². The second kappa shape index (κ2) is 6.65. The number of carbonyl (C=O) groups excluding carboxylic acids is 2. The highest BCUT2D eigenvalue weighted by Gasteiger charge is 2.57. The van der Waals surface area contributed by atoms with Crippen molar-refractivity contribution in [2.24, 2.45) is 17.3 Å². The highest BCUT2D eigenvalue weighted by atomic mass is 79.9. The normalized spacial score (nSPS) is 34.3. The first-order chi connectivity index (χ1) is 13.4. The lowest BCUT2D eigenvalue weighted by Gasteiger charge is -2.60. The van der Waals surface area contributed by atoms with Gasteiger partial charge in [-0.1, -0.05) is 15.9 Å². The topological polar surface area (TPSA) is 73.9 Å². The summed E-state index contributed by atoms with van der Waals surface area (Å²) in [5.41, 5.74) is 0.644. The Morgan fingerprint density at radius 3 is 2.64 bits per heavy atom. The second-order valence-corrected chi connectivity index (χ2v) is 10.7. The van der Waals surface area contributed by atoms with Gasteiger partial charge in [0.2, 0.25) is 6.79 Å². The van der Waals surface area contributed by atoms with Crippen molar-refractivity contribution < 1.29 is 23.8 Å². The number of carbonyl (C=O) groups is 2. The smallest absolute Gasteiger partial charge is 0.306 e. The molecular weight excluding hydrogens is 426 g/mol. The number of halogens is 1. The maximum Gasteiger partial charge on any atom is 0.306 e. The molecule has 0 unspecified atom stereocenters. The predicted octanol–water partition coefficient (Wildman–Crippen LogP) is 4.02. The zero-order chi connectivity index (χ0) is 19.4. The predicted molar refractivity (Wildman–Crippen MR) is 106 cm³/mol. The molecule has 2 atom stereocenters. The fourth-order valence-corrected chi connectivity index (χ4v) is 7.73.